The molecule has 0 heterocycles. The number of hydrogen-bond donors (Lipinski definition) is 0. The highest BCUT2D eigenvalue weighted by atomic mass is 16.5. The molecule has 0 amide bonds. The van der Waals surface area contributed by atoms with Crippen molar-refractivity contribution < 1.29 is 19.1 Å². The van der Waals surface area contributed by atoms with Gasteiger partial charge in [-0.3, -0.25) is 9.59 Å². The number of methoxy groups -OCH3 is 2. The lowest BCUT2D eigenvalue weighted by Gasteiger charge is -2.35. The van der Waals surface area contributed by atoms with Crippen LogP contribution >= 0.6 is 0 Å². The molecule has 0 aromatic carbocycles. The number of ether oxygens (including phenoxy) is 2. The maximum atomic E-state index is 12.4. The zero-order chi connectivity index (χ0) is 34.7. The second-order valence-electron chi connectivity index (χ2n) is 14.4. The van der Waals surface area contributed by atoms with Gasteiger partial charge in [0.05, 0.1) is 12.2 Å². The number of allylic oxidation sites excluding steroid dienone is 14. The molecule has 0 saturated carbocycles. The molecule has 46 heavy (non-hydrogen) atoms. The van der Waals surface area contributed by atoms with Gasteiger partial charge in [-0.2, -0.15) is 0 Å². The van der Waals surface area contributed by atoms with E-state index in [-0.39, 0.29) is 34.6 Å². The molecule has 0 aliphatic heterocycles. The van der Waals surface area contributed by atoms with Gasteiger partial charge in [-0.1, -0.05) is 111 Å². The molecule has 0 fully saturated rings. The van der Waals surface area contributed by atoms with E-state index in [1.54, 1.807) is 14.2 Å². The highest BCUT2D eigenvalue weighted by Gasteiger charge is 2.34. The molecule has 2 unspecified atom stereocenters. The van der Waals surface area contributed by atoms with Gasteiger partial charge in [0.1, 0.15) is 0 Å². The van der Waals surface area contributed by atoms with E-state index in [4.69, 9.17) is 9.47 Å². The van der Waals surface area contributed by atoms with E-state index in [9.17, 15) is 9.59 Å². The smallest absolute Gasteiger partial charge is 0.158 e. The fourth-order valence-corrected chi connectivity index (χ4v) is 6.41. The summed E-state index contributed by atoms with van der Waals surface area (Å²) in [6.07, 6.45) is 25.3. The van der Waals surface area contributed by atoms with E-state index >= 15 is 0 Å². The molecule has 0 bridgehead atoms. The number of carbonyl (C=O) groups excluding carboxylic acids is 2. The highest BCUT2D eigenvalue weighted by molar-refractivity contribution is 5.97. The largest absolute Gasteiger partial charge is 0.377 e. The molecule has 0 N–H and O–H groups in total. The SMILES string of the molecule is COC(CC1=C(C)C(=O)CCC1(C)C)/C(C)=C/C=C/C(C)=C/C=C/C=C(C)/C=C/C=C(\C)C(CC1=C(C)C(=O)CCC1(C)C)OC. The number of ketones is 2. The fraction of sp³-hybridized carbons (Fsp3) is 0.524. The molecule has 0 aromatic heterocycles. The van der Waals surface area contributed by atoms with Crippen LogP contribution in [0.25, 0.3) is 0 Å². The summed E-state index contributed by atoms with van der Waals surface area (Å²) >= 11 is 0. The molecule has 252 valence electrons. The molecule has 0 radical (unpaired) electrons. The van der Waals surface area contributed by atoms with E-state index in [2.05, 4.69) is 104 Å². The Labute approximate surface area is 280 Å². The van der Waals surface area contributed by atoms with Crippen molar-refractivity contribution in [2.45, 2.75) is 120 Å². The van der Waals surface area contributed by atoms with Crippen molar-refractivity contribution in [1.29, 1.82) is 0 Å². The first-order chi connectivity index (χ1) is 21.5. The van der Waals surface area contributed by atoms with E-state index < -0.39 is 0 Å². The zero-order valence-corrected chi connectivity index (χ0v) is 30.8. The van der Waals surface area contributed by atoms with Gasteiger partial charge >= 0.3 is 0 Å². The van der Waals surface area contributed by atoms with Gasteiger partial charge in [0.15, 0.2) is 11.6 Å². The van der Waals surface area contributed by atoms with Crippen LogP contribution in [0.4, 0.5) is 0 Å². The van der Waals surface area contributed by atoms with Crippen LogP contribution in [0.5, 0.6) is 0 Å². The molecule has 2 atom stereocenters. The summed E-state index contributed by atoms with van der Waals surface area (Å²) in [7, 11) is 3.49. The summed E-state index contributed by atoms with van der Waals surface area (Å²) < 4.78 is 11.7. The van der Waals surface area contributed by atoms with Crippen LogP contribution in [-0.4, -0.2) is 38.0 Å². The van der Waals surface area contributed by atoms with Crippen molar-refractivity contribution in [2.75, 3.05) is 14.2 Å². The molecular formula is C42H60O4. The van der Waals surface area contributed by atoms with Gasteiger partial charge in [-0.15, -0.1) is 0 Å². The summed E-state index contributed by atoms with van der Waals surface area (Å²) in [6, 6.07) is 0. The first-order valence-electron chi connectivity index (χ1n) is 16.8. The third-order valence-corrected chi connectivity index (χ3v) is 9.96. The lowest BCUT2D eigenvalue weighted by molar-refractivity contribution is -0.117. The number of hydrogen-bond acceptors (Lipinski definition) is 4. The quantitative estimate of drug-likeness (QED) is 0.180. The van der Waals surface area contributed by atoms with Crippen LogP contribution < -0.4 is 0 Å². The Morgan fingerprint density at radius 3 is 1.30 bits per heavy atom. The molecule has 2 rings (SSSR count). The average molecular weight is 629 g/mol. The standard InChI is InChI=1S/C42H60O4/c1-29(19-15-21-31(3)39(45-11)27-35-33(5)37(43)23-25-41(35,7)8)17-13-14-18-30(2)20-16-22-32(4)40(46-12)28-36-34(6)38(44)24-26-42(36,9)10/h13-22,39-40H,23-28H2,1-12H3/b14-13+,19-15+,20-16+,29-17+,30-18+,31-21+,32-22+. The minimum atomic E-state index is -0.0551. The number of rotatable bonds is 14. The van der Waals surface area contributed by atoms with Gasteiger partial charge in [0, 0.05) is 27.1 Å². The van der Waals surface area contributed by atoms with E-state index in [0.29, 0.717) is 12.8 Å². The summed E-state index contributed by atoms with van der Waals surface area (Å²) in [5.41, 5.74) is 8.90. The van der Waals surface area contributed by atoms with Crippen molar-refractivity contribution in [2.24, 2.45) is 10.8 Å². The van der Waals surface area contributed by atoms with Crippen molar-refractivity contribution >= 4 is 11.6 Å². The Hall–Kier alpha value is -3.08. The lowest BCUT2D eigenvalue weighted by Crippen LogP contribution is -2.28. The Morgan fingerprint density at radius 2 is 0.978 bits per heavy atom. The molecule has 0 aromatic rings. The van der Waals surface area contributed by atoms with Crippen LogP contribution in [-0.2, 0) is 19.1 Å². The Bertz CT molecular complexity index is 1290. The minimum Gasteiger partial charge on any atom is -0.377 e. The number of carbonyl (C=O) groups is 2. The van der Waals surface area contributed by atoms with Crippen molar-refractivity contribution in [3.05, 3.63) is 105 Å². The topological polar surface area (TPSA) is 52.6 Å². The van der Waals surface area contributed by atoms with Crippen molar-refractivity contribution in [3.8, 4) is 0 Å². The normalized spacial score (nSPS) is 21.8. The van der Waals surface area contributed by atoms with E-state index in [1.165, 1.54) is 11.1 Å². The first kappa shape index (κ1) is 39.1. The van der Waals surface area contributed by atoms with Gasteiger partial charge in [0.25, 0.3) is 0 Å². The molecule has 2 aliphatic rings. The molecule has 4 nitrogen and oxygen atoms in total. The summed E-state index contributed by atoms with van der Waals surface area (Å²) in [5, 5.41) is 0. The van der Waals surface area contributed by atoms with Crippen LogP contribution in [0.1, 0.15) is 108 Å². The van der Waals surface area contributed by atoms with Crippen molar-refractivity contribution in [1.82, 2.24) is 0 Å². The minimum absolute atomic E-state index is 0.0226. The van der Waals surface area contributed by atoms with E-state index in [1.807, 2.05) is 26.0 Å². The predicted molar refractivity (Wildman–Crippen MR) is 195 cm³/mol. The first-order valence-corrected chi connectivity index (χ1v) is 16.8. The molecular weight excluding hydrogens is 568 g/mol. The monoisotopic (exact) mass is 628 g/mol. The highest BCUT2D eigenvalue weighted by Crippen LogP contribution is 2.43. The molecule has 2 aliphatic carbocycles. The fourth-order valence-electron chi connectivity index (χ4n) is 6.41. The Kier molecular flexibility index (Phi) is 15.1. The molecule has 0 saturated heterocycles. The number of Topliss-reactive ketones (excluding diaryl/α,β-unsaturated/α-hetero) is 2. The maximum absolute atomic E-state index is 12.4. The van der Waals surface area contributed by atoms with Crippen LogP contribution in [0.15, 0.2) is 105 Å². The molecule has 4 heteroatoms. The third kappa shape index (κ3) is 11.3. The predicted octanol–water partition coefficient (Wildman–Crippen LogP) is 10.7. The second-order valence-corrected chi connectivity index (χ2v) is 14.4. The lowest BCUT2D eigenvalue weighted by atomic mass is 9.70. The van der Waals surface area contributed by atoms with E-state index in [0.717, 1.165) is 59.1 Å². The second kappa shape index (κ2) is 17.7. The zero-order valence-electron chi connectivity index (χ0n) is 30.8. The average Bonchev–Trinajstić information content (AvgIpc) is 2.99. The maximum Gasteiger partial charge on any atom is 0.158 e. The van der Waals surface area contributed by atoms with Gasteiger partial charge < -0.3 is 9.47 Å². The summed E-state index contributed by atoms with van der Waals surface area (Å²) in [4.78, 5) is 24.7. The third-order valence-electron chi connectivity index (χ3n) is 9.96. The van der Waals surface area contributed by atoms with Gasteiger partial charge in [-0.05, 0) is 100 Å². The van der Waals surface area contributed by atoms with Crippen LogP contribution in [0.2, 0.25) is 0 Å². The summed E-state index contributed by atoms with van der Waals surface area (Å²) in [6.45, 7) is 21.2. The van der Waals surface area contributed by atoms with Crippen molar-refractivity contribution in [3.63, 3.8) is 0 Å². The summed E-state index contributed by atoms with van der Waals surface area (Å²) in [5.74, 6) is 0.539. The van der Waals surface area contributed by atoms with Gasteiger partial charge in [-0.25, -0.2) is 0 Å². The van der Waals surface area contributed by atoms with Crippen LogP contribution in [0, 0.1) is 10.8 Å². The Morgan fingerprint density at radius 1 is 0.630 bits per heavy atom. The molecule has 0 spiro atoms. The van der Waals surface area contributed by atoms with Gasteiger partial charge in [0.2, 0.25) is 0 Å². The Balaban J connectivity index is 1.98. The van der Waals surface area contributed by atoms with Crippen LogP contribution in [0.3, 0.4) is 0 Å².